The number of hydrogen-bond acceptors (Lipinski definition) is 6. The zero-order valence-corrected chi connectivity index (χ0v) is 16.9. The van der Waals surface area contributed by atoms with Crippen LogP contribution >= 0.6 is 0 Å². The van der Waals surface area contributed by atoms with Crippen LogP contribution in [-0.2, 0) is 14.8 Å². The number of carbonyl (C=O) groups is 1. The Balaban J connectivity index is 1.88. The zero-order valence-electron chi connectivity index (χ0n) is 16.1. The first-order valence-electron chi connectivity index (χ1n) is 8.58. The van der Waals surface area contributed by atoms with Gasteiger partial charge in [-0.2, -0.15) is 5.26 Å². The third-order valence-electron chi connectivity index (χ3n) is 4.31. The number of hydrogen-bond donors (Lipinski definition) is 1. The van der Waals surface area contributed by atoms with Crippen molar-refractivity contribution in [2.24, 2.45) is 0 Å². The highest BCUT2D eigenvalue weighted by molar-refractivity contribution is 7.89. The van der Waals surface area contributed by atoms with Gasteiger partial charge in [0.25, 0.3) is 5.91 Å². The van der Waals surface area contributed by atoms with Crippen molar-refractivity contribution in [3.05, 3.63) is 53.1 Å². The van der Waals surface area contributed by atoms with E-state index in [0.29, 0.717) is 28.3 Å². The van der Waals surface area contributed by atoms with Gasteiger partial charge in [-0.3, -0.25) is 4.79 Å². The molecule has 0 atom stereocenters. The minimum Gasteiger partial charge on any atom is -0.454 e. The number of anilines is 1. The van der Waals surface area contributed by atoms with E-state index >= 15 is 0 Å². The second-order valence-electron chi connectivity index (χ2n) is 6.50. The zero-order chi connectivity index (χ0) is 21.2. The van der Waals surface area contributed by atoms with E-state index in [0.717, 1.165) is 4.31 Å². The minimum atomic E-state index is -3.66. The largest absolute Gasteiger partial charge is 0.454 e. The Bertz CT molecular complexity index is 1150. The number of fused-ring (bicyclic) bond motifs is 1. The number of nitrogens with zero attached hydrogens (tertiary/aromatic N) is 2. The minimum absolute atomic E-state index is 0.0432. The van der Waals surface area contributed by atoms with Gasteiger partial charge in [-0.05, 0) is 48.4 Å². The van der Waals surface area contributed by atoms with Gasteiger partial charge >= 0.3 is 0 Å². The molecule has 0 radical (unpaired) electrons. The molecule has 0 unspecified atom stereocenters. The summed E-state index contributed by atoms with van der Waals surface area (Å²) in [5, 5.41) is 12.0. The third kappa shape index (κ3) is 4.23. The Morgan fingerprint density at radius 2 is 1.90 bits per heavy atom. The molecule has 0 fully saturated rings. The van der Waals surface area contributed by atoms with Crippen molar-refractivity contribution in [2.45, 2.75) is 11.8 Å². The summed E-state index contributed by atoms with van der Waals surface area (Å²) in [5.41, 5.74) is 1.44. The standard InChI is InChI=1S/C20H19N3O5S/c1-13-4-6-16(29(25,26)23(2)3)10-17(13)22-20(24)15(11-21)8-14-5-7-18-19(9-14)28-12-27-18/h4-10H,12H2,1-3H3,(H,22,24)/b15-8+. The average Bonchev–Trinajstić information content (AvgIpc) is 3.15. The predicted molar refractivity (Wildman–Crippen MR) is 107 cm³/mol. The van der Waals surface area contributed by atoms with E-state index in [9.17, 15) is 18.5 Å². The van der Waals surface area contributed by atoms with Gasteiger partial charge in [0, 0.05) is 19.8 Å². The number of benzene rings is 2. The molecule has 1 heterocycles. The topological polar surface area (TPSA) is 109 Å². The van der Waals surface area contributed by atoms with Gasteiger partial charge in [-0.15, -0.1) is 0 Å². The molecule has 1 aliphatic rings. The maximum atomic E-state index is 12.6. The first-order chi connectivity index (χ1) is 13.7. The molecular weight excluding hydrogens is 394 g/mol. The van der Waals surface area contributed by atoms with E-state index in [-0.39, 0.29) is 17.3 Å². The Morgan fingerprint density at radius 1 is 1.17 bits per heavy atom. The molecule has 1 aliphatic heterocycles. The number of aryl methyl sites for hydroxylation is 1. The molecule has 29 heavy (non-hydrogen) atoms. The lowest BCUT2D eigenvalue weighted by atomic mass is 10.1. The number of amides is 1. The van der Waals surface area contributed by atoms with Gasteiger partial charge in [0.1, 0.15) is 11.6 Å². The van der Waals surface area contributed by atoms with Crippen LogP contribution in [0.25, 0.3) is 6.08 Å². The van der Waals surface area contributed by atoms with Gasteiger partial charge < -0.3 is 14.8 Å². The Kier molecular flexibility index (Phi) is 5.59. The van der Waals surface area contributed by atoms with Crippen LogP contribution in [0.2, 0.25) is 0 Å². The maximum Gasteiger partial charge on any atom is 0.266 e. The number of rotatable bonds is 5. The third-order valence-corrected chi connectivity index (χ3v) is 6.12. The monoisotopic (exact) mass is 413 g/mol. The fraction of sp³-hybridized carbons (Fsp3) is 0.200. The molecular formula is C20H19N3O5S. The van der Waals surface area contributed by atoms with Crippen molar-refractivity contribution in [2.75, 3.05) is 26.2 Å². The summed E-state index contributed by atoms with van der Waals surface area (Å²) in [5.74, 6) is 0.487. The van der Waals surface area contributed by atoms with Crippen LogP contribution in [0.15, 0.2) is 46.9 Å². The molecule has 1 amide bonds. The number of nitriles is 1. The number of sulfonamides is 1. The second kappa shape index (κ2) is 7.95. The number of ether oxygens (including phenoxy) is 2. The van der Waals surface area contributed by atoms with E-state index in [1.165, 1.54) is 32.3 Å². The van der Waals surface area contributed by atoms with Crippen LogP contribution < -0.4 is 14.8 Å². The molecule has 2 aromatic rings. The lowest BCUT2D eigenvalue weighted by molar-refractivity contribution is -0.112. The van der Waals surface area contributed by atoms with Crippen LogP contribution in [-0.4, -0.2) is 39.5 Å². The average molecular weight is 413 g/mol. The number of nitrogens with one attached hydrogen (secondary N) is 1. The molecule has 9 heteroatoms. The summed E-state index contributed by atoms with van der Waals surface area (Å²) in [7, 11) is -0.804. The smallest absolute Gasteiger partial charge is 0.266 e. The summed E-state index contributed by atoms with van der Waals surface area (Å²) in [6.45, 7) is 1.86. The van der Waals surface area contributed by atoms with Crippen LogP contribution in [0.5, 0.6) is 11.5 Å². The summed E-state index contributed by atoms with van der Waals surface area (Å²) < 4.78 is 36.3. The normalized spacial score (nSPS) is 13.3. The lowest BCUT2D eigenvalue weighted by Crippen LogP contribution is -2.22. The highest BCUT2D eigenvalue weighted by atomic mass is 32.2. The van der Waals surface area contributed by atoms with Crippen molar-refractivity contribution < 1.29 is 22.7 Å². The van der Waals surface area contributed by atoms with E-state index in [1.807, 2.05) is 6.07 Å². The fourth-order valence-corrected chi connectivity index (χ4v) is 3.54. The van der Waals surface area contributed by atoms with Crippen molar-refractivity contribution >= 4 is 27.7 Å². The van der Waals surface area contributed by atoms with E-state index < -0.39 is 15.9 Å². The van der Waals surface area contributed by atoms with Crippen molar-refractivity contribution in [3.63, 3.8) is 0 Å². The molecule has 150 valence electrons. The molecule has 1 N–H and O–H groups in total. The van der Waals surface area contributed by atoms with Crippen molar-refractivity contribution in [1.29, 1.82) is 5.26 Å². The maximum absolute atomic E-state index is 12.6. The summed E-state index contributed by atoms with van der Waals surface area (Å²) in [6, 6.07) is 11.4. The fourth-order valence-electron chi connectivity index (χ4n) is 2.61. The lowest BCUT2D eigenvalue weighted by Gasteiger charge is -2.14. The second-order valence-corrected chi connectivity index (χ2v) is 8.65. The van der Waals surface area contributed by atoms with Gasteiger partial charge in [0.05, 0.1) is 4.90 Å². The molecule has 2 aromatic carbocycles. The number of carbonyl (C=O) groups excluding carboxylic acids is 1. The quantitative estimate of drug-likeness (QED) is 0.596. The molecule has 0 aromatic heterocycles. The van der Waals surface area contributed by atoms with E-state index in [2.05, 4.69) is 5.32 Å². The van der Waals surface area contributed by atoms with Gasteiger partial charge in [0.15, 0.2) is 11.5 Å². The highest BCUT2D eigenvalue weighted by Gasteiger charge is 2.20. The van der Waals surface area contributed by atoms with Crippen LogP contribution in [0.1, 0.15) is 11.1 Å². The Morgan fingerprint density at radius 3 is 2.59 bits per heavy atom. The summed E-state index contributed by atoms with van der Waals surface area (Å²) in [6.07, 6.45) is 1.42. The van der Waals surface area contributed by atoms with Gasteiger partial charge in [-0.25, -0.2) is 12.7 Å². The molecule has 0 bridgehead atoms. The Labute approximate surface area is 169 Å². The summed E-state index contributed by atoms with van der Waals surface area (Å²) in [4.78, 5) is 12.7. The van der Waals surface area contributed by atoms with Gasteiger partial charge in [0.2, 0.25) is 16.8 Å². The molecule has 0 saturated heterocycles. The molecule has 0 saturated carbocycles. The summed E-state index contributed by atoms with van der Waals surface area (Å²) >= 11 is 0. The molecule has 3 rings (SSSR count). The first kappa shape index (κ1) is 20.4. The Hall–Kier alpha value is -3.35. The van der Waals surface area contributed by atoms with Crippen LogP contribution in [0.3, 0.4) is 0 Å². The van der Waals surface area contributed by atoms with Crippen molar-refractivity contribution in [3.8, 4) is 17.6 Å². The molecule has 0 spiro atoms. The molecule has 0 aliphatic carbocycles. The van der Waals surface area contributed by atoms with Gasteiger partial charge in [-0.1, -0.05) is 12.1 Å². The highest BCUT2D eigenvalue weighted by Crippen LogP contribution is 2.33. The van der Waals surface area contributed by atoms with Crippen molar-refractivity contribution in [1.82, 2.24) is 4.31 Å². The van der Waals surface area contributed by atoms with Crippen LogP contribution in [0.4, 0.5) is 5.69 Å². The molecule has 8 nitrogen and oxygen atoms in total. The van der Waals surface area contributed by atoms with E-state index in [1.54, 1.807) is 31.2 Å². The first-order valence-corrected chi connectivity index (χ1v) is 10.0. The predicted octanol–water partition coefficient (Wildman–Crippen LogP) is 2.52. The van der Waals surface area contributed by atoms with Crippen LogP contribution in [0, 0.1) is 18.3 Å². The van der Waals surface area contributed by atoms with E-state index in [4.69, 9.17) is 9.47 Å². The SMILES string of the molecule is Cc1ccc(S(=O)(=O)N(C)C)cc1NC(=O)/C(C#N)=C/c1ccc2c(c1)OCO2.